The number of primary amides is 1. The third-order valence-corrected chi connectivity index (χ3v) is 4.48. The van der Waals surface area contributed by atoms with Gasteiger partial charge in [-0.05, 0) is 56.0 Å². The quantitative estimate of drug-likeness (QED) is 0.667. The molecule has 0 fully saturated rings. The summed E-state index contributed by atoms with van der Waals surface area (Å²) in [6.07, 6.45) is 3.36. The molecule has 2 heterocycles. The lowest BCUT2D eigenvalue weighted by Gasteiger charge is -2.30. The van der Waals surface area contributed by atoms with Gasteiger partial charge in [-0.15, -0.1) is 0 Å². The predicted octanol–water partition coefficient (Wildman–Crippen LogP) is 3.98. The van der Waals surface area contributed by atoms with Crippen LogP contribution in [0.5, 0.6) is 5.75 Å². The lowest BCUT2D eigenvalue weighted by Crippen LogP contribution is -2.41. The molecule has 2 aromatic heterocycles. The number of aromatic nitrogens is 3. The molecular weight excluding hydrogens is 356 g/mol. The van der Waals surface area contributed by atoms with Crippen molar-refractivity contribution in [2.45, 2.75) is 39.7 Å². The second-order valence-electron chi connectivity index (χ2n) is 7.67. The molecule has 1 aromatic carbocycles. The summed E-state index contributed by atoms with van der Waals surface area (Å²) in [5.74, 6) is 1.07. The number of aryl methyl sites for hydroxylation is 1. The molecule has 0 saturated carbocycles. The molecule has 2 N–H and O–H groups in total. The van der Waals surface area contributed by atoms with Crippen LogP contribution in [0.3, 0.4) is 0 Å². The average Bonchev–Trinajstić information content (AvgIpc) is 3.08. The minimum Gasteiger partial charge on any atom is -0.489 e. The summed E-state index contributed by atoms with van der Waals surface area (Å²) in [6, 6.07) is 9.73. The topological polar surface area (TPSA) is 91.7 Å². The van der Waals surface area contributed by atoms with Gasteiger partial charge in [-0.25, -0.2) is 14.3 Å². The van der Waals surface area contributed by atoms with E-state index in [1.165, 1.54) is 0 Å². The zero-order chi connectivity index (χ0) is 20.3. The maximum Gasteiger partial charge on any atom is 0.405 e. The Bertz CT molecular complexity index is 983. The van der Waals surface area contributed by atoms with E-state index in [1.807, 2.05) is 44.2 Å². The van der Waals surface area contributed by atoms with Gasteiger partial charge < -0.3 is 15.2 Å². The first-order valence-electron chi connectivity index (χ1n) is 9.28. The highest BCUT2D eigenvalue weighted by Crippen LogP contribution is 2.28. The van der Waals surface area contributed by atoms with Gasteiger partial charge in [0.1, 0.15) is 18.0 Å². The number of amides is 1. The van der Waals surface area contributed by atoms with Crippen LogP contribution < -0.4 is 10.5 Å². The van der Waals surface area contributed by atoms with Crippen LogP contribution in [-0.2, 0) is 4.74 Å². The molecule has 7 nitrogen and oxygen atoms in total. The van der Waals surface area contributed by atoms with Gasteiger partial charge in [0.25, 0.3) is 0 Å². The highest BCUT2D eigenvalue weighted by Gasteiger charge is 2.30. The number of carbonyl (C=O) groups is 1. The first-order chi connectivity index (χ1) is 13.3. The molecule has 1 amide bonds. The Morgan fingerprint density at radius 3 is 2.71 bits per heavy atom. The molecule has 0 aliphatic carbocycles. The first kappa shape index (κ1) is 19.7. The number of ether oxygens (including phenoxy) is 2. The van der Waals surface area contributed by atoms with Crippen molar-refractivity contribution in [1.82, 2.24) is 14.6 Å². The molecule has 0 saturated heterocycles. The molecule has 3 aromatic rings. The molecule has 0 aliphatic rings. The van der Waals surface area contributed by atoms with Crippen molar-refractivity contribution in [1.29, 1.82) is 0 Å². The maximum absolute atomic E-state index is 11.3. The molecular formula is C21H26N4O3. The van der Waals surface area contributed by atoms with Crippen molar-refractivity contribution >= 4 is 11.7 Å². The summed E-state index contributed by atoms with van der Waals surface area (Å²) in [4.78, 5) is 15.6. The molecule has 1 atom stereocenters. The van der Waals surface area contributed by atoms with E-state index >= 15 is 0 Å². The number of nitrogens with two attached hydrogens (primary N) is 1. The average molecular weight is 382 g/mol. The first-order valence-corrected chi connectivity index (χ1v) is 9.28. The van der Waals surface area contributed by atoms with Crippen molar-refractivity contribution in [2.24, 2.45) is 11.7 Å². The zero-order valence-corrected chi connectivity index (χ0v) is 16.7. The van der Waals surface area contributed by atoms with Crippen LogP contribution in [0, 0.1) is 12.8 Å². The van der Waals surface area contributed by atoms with Crippen LogP contribution in [0.25, 0.3) is 16.9 Å². The fourth-order valence-corrected chi connectivity index (χ4v) is 3.49. The molecule has 0 bridgehead atoms. The van der Waals surface area contributed by atoms with Crippen LogP contribution >= 0.6 is 0 Å². The van der Waals surface area contributed by atoms with Crippen LogP contribution in [0.4, 0.5) is 4.79 Å². The normalized spacial score (nSPS) is 13.5. The maximum atomic E-state index is 11.3. The van der Waals surface area contributed by atoms with Crippen molar-refractivity contribution < 1.29 is 14.3 Å². The summed E-state index contributed by atoms with van der Waals surface area (Å²) >= 11 is 0. The van der Waals surface area contributed by atoms with E-state index in [4.69, 9.17) is 15.2 Å². The number of hydrogen-bond donors (Lipinski definition) is 1. The molecule has 148 valence electrons. The SMILES string of the molecule is Cc1cc(-c2ccnc3ccnn23)ccc1OC[C@](C)(CC(C)C)OC(N)=O. The lowest BCUT2D eigenvalue weighted by molar-refractivity contribution is -0.0187. The Morgan fingerprint density at radius 1 is 1.25 bits per heavy atom. The fraction of sp³-hybridized carbons (Fsp3) is 0.381. The van der Waals surface area contributed by atoms with Crippen LogP contribution in [0.1, 0.15) is 32.8 Å². The van der Waals surface area contributed by atoms with E-state index in [0.717, 1.165) is 28.2 Å². The minimum atomic E-state index is -0.792. The summed E-state index contributed by atoms with van der Waals surface area (Å²) in [7, 11) is 0. The van der Waals surface area contributed by atoms with Gasteiger partial charge in [-0.3, -0.25) is 0 Å². The third-order valence-electron chi connectivity index (χ3n) is 4.48. The van der Waals surface area contributed by atoms with E-state index in [0.29, 0.717) is 12.3 Å². The van der Waals surface area contributed by atoms with Gasteiger partial charge in [0, 0.05) is 17.8 Å². The van der Waals surface area contributed by atoms with E-state index in [-0.39, 0.29) is 6.61 Å². The number of benzene rings is 1. The van der Waals surface area contributed by atoms with Gasteiger partial charge in [0.05, 0.1) is 11.9 Å². The summed E-state index contributed by atoms with van der Waals surface area (Å²) < 4.78 is 13.1. The number of nitrogens with zero attached hydrogens (tertiary/aromatic N) is 3. The third kappa shape index (κ3) is 4.42. The second kappa shape index (κ2) is 7.88. The highest BCUT2D eigenvalue weighted by atomic mass is 16.6. The molecule has 0 spiro atoms. The summed E-state index contributed by atoms with van der Waals surface area (Å²) in [6.45, 7) is 8.18. The number of hydrogen-bond acceptors (Lipinski definition) is 5. The van der Waals surface area contributed by atoms with Crippen LogP contribution in [-0.4, -0.2) is 32.9 Å². The number of carbonyl (C=O) groups excluding carboxylic acids is 1. The van der Waals surface area contributed by atoms with Gasteiger partial charge in [0.2, 0.25) is 0 Å². The van der Waals surface area contributed by atoms with Gasteiger partial charge in [-0.1, -0.05) is 13.8 Å². The van der Waals surface area contributed by atoms with Crippen LogP contribution in [0.2, 0.25) is 0 Å². The highest BCUT2D eigenvalue weighted by molar-refractivity contribution is 5.65. The van der Waals surface area contributed by atoms with Crippen LogP contribution in [0.15, 0.2) is 42.7 Å². The molecule has 0 aliphatic heterocycles. The van der Waals surface area contributed by atoms with Crippen molar-refractivity contribution in [3.05, 3.63) is 48.3 Å². The fourth-order valence-electron chi connectivity index (χ4n) is 3.49. The van der Waals surface area contributed by atoms with E-state index in [2.05, 4.69) is 23.9 Å². The second-order valence-corrected chi connectivity index (χ2v) is 7.67. The molecule has 28 heavy (non-hydrogen) atoms. The van der Waals surface area contributed by atoms with E-state index in [9.17, 15) is 4.79 Å². The molecule has 0 radical (unpaired) electrons. The standard InChI is InChI=1S/C21H26N4O3/c1-14(2)12-21(4,28-20(22)26)13-27-18-6-5-16(11-15(18)3)17-7-9-23-19-8-10-24-25(17)19/h5-11,14H,12-13H2,1-4H3,(H2,22,26)/t21-/m0/s1. The molecule has 3 rings (SSSR count). The van der Waals surface area contributed by atoms with Gasteiger partial charge in [-0.2, -0.15) is 5.10 Å². The Labute approximate surface area is 164 Å². The molecule has 0 unspecified atom stereocenters. The zero-order valence-electron chi connectivity index (χ0n) is 16.7. The van der Waals surface area contributed by atoms with Gasteiger partial charge in [0.15, 0.2) is 5.65 Å². The summed E-state index contributed by atoms with van der Waals surface area (Å²) in [5.41, 5.74) is 8.19. The van der Waals surface area contributed by atoms with Crippen molar-refractivity contribution in [2.75, 3.05) is 6.61 Å². The van der Waals surface area contributed by atoms with Crippen molar-refractivity contribution in [3.63, 3.8) is 0 Å². The Morgan fingerprint density at radius 2 is 2.04 bits per heavy atom. The number of rotatable bonds is 7. The Hall–Kier alpha value is -3.09. The monoisotopic (exact) mass is 382 g/mol. The van der Waals surface area contributed by atoms with E-state index < -0.39 is 11.7 Å². The summed E-state index contributed by atoms with van der Waals surface area (Å²) in [5, 5.41) is 4.33. The van der Waals surface area contributed by atoms with Crippen molar-refractivity contribution in [3.8, 4) is 17.0 Å². The minimum absolute atomic E-state index is 0.229. The molecule has 7 heteroatoms. The lowest BCUT2D eigenvalue weighted by atomic mass is 9.95. The Kier molecular flexibility index (Phi) is 5.53. The predicted molar refractivity (Wildman–Crippen MR) is 107 cm³/mol. The smallest absolute Gasteiger partial charge is 0.405 e. The largest absolute Gasteiger partial charge is 0.489 e. The number of fused-ring (bicyclic) bond motifs is 1. The van der Waals surface area contributed by atoms with Gasteiger partial charge >= 0.3 is 6.09 Å². The van der Waals surface area contributed by atoms with E-state index in [1.54, 1.807) is 16.9 Å². The Balaban J connectivity index is 1.81.